The number of esters is 1. The third-order valence-corrected chi connectivity index (χ3v) is 8.60. The number of carboxylic acid groups (broad SMARTS) is 1. The van der Waals surface area contributed by atoms with E-state index in [1.807, 2.05) is 0 Å². The topological polar surface area (TPSA) is 119 Å². The standard InChI is InChI=1S/C43H74N2O5/c1-3-5-7-9-11-12-13-14-15-16-17-18-19-20-22-27-31-37-42(47)50-39(33-28-24-21-10-8-6-4-2)34-29-25-23-26-30-36-41(46)45-40(43(48)49)35-32-38-44/h5,7,11-12,14-15,17-18,20,22,39-40H,3-4,6,8-10,13,16,19,21,23-38,44H2,1-2H3,(H,45,46)(H,48,49)/b7-5-,12-11-,15-14-,18-17-,22-20-. The molecular weight excluding hydrogens is 624 g/mol. The number of rotatable bonds is 35. The number of aliphatic carboxylic acids is 1. The number of carbonyl (C=O) groups is 3. The molecule has 2 atom stereocenters. The summed E-state index contributed by atoms with van der Waals surface area (Å²) in [6, 6.07) is -0.861. The van der Waals surface area contributed by atoms with Crippen LogP contribution in [0.5, 0.6) is 0 Å². The summed E-state index contributed by atoms with van der Waals surface area (Å²) in [6.07, 6.45) is 45.5. The Balaban J connectivity index is 4.31. The number of unbranched alkanes of at least 4 members (excludes halogenated alkanes) is 11. The van der Waals surface area contributed by atoms with Crippen molar-refractivity contribution in [3.05, 3.63) is 60.8 Å². The van der Waals surface area contributed by atoms with Gasteiger partial charge in [0.1, 0.15) is 12.1 Å². The molecular formula is C43H74N2O5. The lowest BCUT2D eigenvalue weighted by Gasteiger charge is -2.18. The van der Waals surface area contributed by atoms with Gasteiger partial charge >= 0.3 is 11.9 Å². The number of carbonyl (C=O) groups excluding carboxylic acids is 2. The van der Waals surface area contributed by atoms with Gasteiger partial charge in [0, 0.05) is 12.8 Å². The zero-order valence-corrected chi connectivity index (χ0v) is 32.0. The Bertz CT molecular complexity index is 968. The molecule has 0 radical (unpaired) electrons. The molecule has 0 fully saturated rings. The molecule has 7 nitrogen and oxygen atoms in total. The maximum atomic E-state index is 12.7. The highest BCUT2D eigenvalue weighted by molar-refractivity contribution is 5.83. The smallest absolute Gasteiger partial charge is 0.326 e. The van der Waals surface area contributed by atoms with Crippen LogP contribution in [-0.2, 0) is 19.1 Å². The number of nitrogens with two attached hydrogens (primary N) is 1. The second kappa shape index (κ2) is 37.3. The lowest BCUT2D eigenvalue weighted by Crippen LogP contribution is -2.40. The molecule has 0 aromatic rings. The van der Waals surface area contributed by atoms with Crippen LogP contribution in [0.4, 0.5) is 0 Å². The van der Waals surface area contributed by atoms with Gasteiger partial charge in [-0.05, 0) is 96.4 Å². The van der Waals surface area contributed by atoms with Crippen LogP contribution in [0.1, 0.15) is 174 Å². The number of hydrogen-bond donors (Lipinski definition) is 3. The van der Waals surface area contributed by atoms with Crippen molar-refractivity contribution in [2.24, 2.45) is 5.73 Å². The quantitative estimate of drug-likeness (QED) is 0.0344. The second-order valence-corrected chi connectivity index (χ2v) is 13.3. The van der Waals surface area contributed by atoms with Crippen LogP contribution in [0.25, 0.3) is 0 Å². The van der Waals surface area contributed by atoms with Gasteiger partial charge in [-0.15, -0.1) is 0 Å². The molecule has 286 valence electrons. The first kappa shape index (κ1) is 47.1. The lowest BCUT2D eigenvalue weighted by atomic mass is 10.0. The number of amides is 1. The average molecular weight is 699 g/mol. The maximum Gasteiger partial charge on any atom is 0.326 e. The van der Waals surface area contributed by atoms with Gasteiger partial charge < -0.3 is 20.9 Å². The van der Waals surface area contributed by atoms with E-state index in [-0.39, 0.29) is 18.0 Å². The minimum atomic E-state index is -1.01. The summed E-state index contributed by atoms with van der Waals surface area (Å²) < 4.78 is 5.97. The predicted molar refractivity (Wildman–Crippen MR) is 211 cm³/mol. The van der Waals surface area contributed by atoms with Crippen LogP contribution in [0.2, 0.25) is 0 Å². The summed E-state index contributed by atoms with van der Waals surface area (Å²) in [7, 11) is 0. The van der Waals surface area contributed by atoms with Crippen LogP contribution in [0.15, 0.2) is 60.8 Å². The van der Waals surface area contributed by atoms with E-state index in [2.05, 4.69) is 79.9 Å². The van der Waals surface area contributed by atoms with Crippen molar-refractivity contribution in [1.82, 2.24) is 5.32 Å². The molecule has 0 spiro atoms. The van der Waals surface area contributed by atoms with E-state index < -0.39 is 12.0 Å². The average Bonchev–Trinajstić information content (AvgIpc) is 3.10. The van der Waals surface area contributed by atoms with Gasteiger partial charge in [0.25, 0.3) is 0 Å². The molecule has 0 saturated carbocycles. The molecule has 50 heavy (non-hydrogen) atoms. The number of ether oxygens (including phenoxy) is 1. The summed E-state index contributed by atoms with van der Waals surface area (Å²) >= 11 is 0. The molecule has 2 unspecified atom stereocenters. The van der Waals surface area contributed by atoms with Crippen molar-refractivity contribution in [1.29, 1.82) is 0 Å². The first-order chi connectivity index (χ1) is 24.4. The number of carboxylic acids is 1. The fourth-order valence-electron chi connectivity index (χ4n) is 5.60. The Morgan fingerprint density at radius 1 is 0.600 bits per heavy atom. The third kappa shape index (κ3) is 33.6. The Morgan fingerprint density at radius 3 is 1.62 bits per heavy atom. The van der Waals surface area contributed by atoms with Crippen molar-refractivity contribution in [2.45, 2.75) is 187 Å². The number of nitrogens with one attached hydrogen (secondary N) is 1. The van der Waals surface area contributed by atoms with Crippen molar-refractivity contribution in [2.75, 3.05) is 6.54 Å². The van der Waals surface area contributed by atoms with E-state index in [0.717, 1.165) is 96.3 Å². The summed E-state index contributed by atoms with van der Waals surface area (Å²) in [4.78, 5) is 36.2. The minimum absolute atomic E-state index is 0.0147. The van der Waals surface area contributed by atoms with E-state index in [9.17, 15) is 19.5 Å². The van der Waals surface area contributed by atoms with Gasteiger partial charge in [0.15, 0.2) is 0 Å². The Kier molecular flexibility index (Phi) is 35.1. The fourth-order valence-corrected chi connectivity index (χ4v) is 5.60. The molecule has 7 heteroatoms. The minimum Gasteiger partial charge on any atom is -0.480 e. The first-order valence-electron chi connectivity index (χ1n) is 20.1. The van der Waals surface area contributed by atoms with E-state index in [4.69, 9.17) is 10.5 Å². The summed E-state index contributed by atoms with van der Waals surface area (Å²) in [6.45, 7) is 4.80. The molecule has 0 bridgehead atoms. The molecule has 0 aliphatic carbocycles. The van der Waals surface area contributed by atoms with Crippen LogP contribution in [-0.4, -0.2) is 41.6 Å². The van der Waals surface area contributed by atoms with Crippen molar-refractivity contribution in [3.8, 4) is 0 Å². The van der Waals surface area contributed by atoms with Crippen molar-refractivity contribution in [3.63, 3.8) is 0 Å². The van der Waals surface area contributed by atoms with Gasteiger partial charge in [-0.3, -0.25) is 9.59 Å². The molecule has 0 aromatic carbocycles. The van der Waals surface area contributed by atoms with Gasteiger partial charge in [0.05, 0.1) is 0 Å². The molecule has 0 aromatic heterocycles. The van der Waals surface area contributed by atoms with E-state index >= 15 is 0 Å². The molecule has 0 aliphatic rings. The monoisotopic (exact) mass is 699 g/mol. The molecule has 4 N–H and O–H groups in total. The highest BCUT2D eigenvalue weighted by Crippen LogP contribution is 2.18. The molecule has 0 aliphatic heterocycles. The van der Waals surface area contributed by atoms with Crippen LogP contribution >= 0.6 is 0 Å². The summed E-state index contributed by atoms with van der Waals surface area (Å²) in [5.41, 5.74) is 5.47. The van der Waals surface area contributed by atoms with Gasteiger partial charge in [0.2, 0.25) is 5.91 Å². The van der Waals surface area contributed by atoms with Crippen LogP contribution in [0, 0.1) is 0 Å². The van der Waals surface area contributed by atoms with Crippen LogP contribution in [0.3, 0.4) is 0 Å². The highest BCUT2D eigenvalue weighted by atomic mass is 16.5. The van der Waals surface area contributed by atoms with Gasteiger partial charge in [-0.2, -0.15) is 0 Å². The SMILES string of the molecule is CC/C=C\C/C=C\C/C=C\C/C=C\C/C=C\CCCC(=O)OC(CCCCCCCCC)CCCCCCCC(=O)NC(CCCN)C(=O)O. The Morgan fingerprint density at radius 2 is 1.10 bits per heavy atom. The Labute approximate surface area is 306 Å². The summed E-state index contributed by atoms with van der Waals surface area (Å²) in [5.74, 6) is -1.30. The van der Waals surface area contributed by atoms with Crippen molar-refractivity contribution >= 4 is 17.8 Å². The zero-order valence-electron chi connectivity index (χ0n) is 32.0. The zero-order chi connectivity index (χ0) is 36.8. The van der Waals surface area contributed by atoms with Crippen molar-refractivity contribution < 1.29 is 24.2 Å². The van der Waals surface area contributed by atoms with Gasteiger partial charge in [-0.1, -0.05) is 132 Å². The third-order valence-electron chi connectivity index (χ3n) is 8.60. The fraction of sp³-hybridized carbons (Fsp3) is 0.698. The highest BCUT2D eigenvalue weighted by Gasteiger charge is 2.19. The molecule has 0 rings (SSSR count). The number of allylic oxidation sites excluding steroid dienone is 10. The predicted octanol–water partition coefficient (Wildman–Crippen LogP) is 11.0. The number of hydrogen-bond acceptors (Lipinski definition) is 5. The maximum absolute atomic E-state index is 12.7. The van der Waals surface area contributed by atoms with E-state index in [1.54, 1.807) is 0 Å². The molecule has 1 amide bonds. The lowest BCUT2D eigenvalue weighted by molar-refractivity contribution is -0.150. The van der Waals surface area contributed by atoms with E-state index in [1.165, 1.54) is 38.5 Å². The second-order valence-electron chi connectivity index (χ2n) is 13.3. The molecule has 0 saturated heterocycles. The van der Waals surface area contributed by atoms with Gasteiger partial charge in [-0.25, -0.2) is 4.79 Å². The summed E-state index contributed by atoms with van der Waals surface area (Å²) in [5, 5.41) is 11.9. The molecule has 0 heterocycles. The van der Waals surface area contributed by atoms with E-state index in [0.29, 0.717) is 32.2 Å². The Hall–Kier alpha value is -2.93. The largest absolute Gasteiger partial charge is 0.480 e. The van der Waals surface area contributed by atoms with Crippen LogP contribution < -0.4 is 11.1 Å². The first-order valence-corrected chi connectivity index (χ1v) is 20.1. The normalized spacial score (nSPS) is 13.3.